The number of nitrogens with one attached hydrogen (secondary N) is 1. The molecule has 0 spiro atoms. The number of aryl methyl sites for hydroxylation is 1. The molecule has 1 aliphatic carbocycles. The molecular weight excluding hydrogens is 502 g/mol. The Hall–Kier alpha value is -5.04. The van der Waals surface area contributed by atoms with Crippen LogP contribution in [0, 0.1) is 0 Å². The number of nitrogens with zero attached hydrogens (tertiary/aromatic N) is 9. The molecule has 1 atom stereocenters. The number of imidazole rings is 1. The number of amides is 1. The normalized spacial score (nSPS) is 14.6. The number of anilines is 1. The number of carbonyl (C=O) groups excluding carboxylic acids is 1. The monoisotopic (exact) mass is 521 g/mol. The lowest BCUT2D eigenvalue weighted by Gasteiger charge is -2.15. The fraction of sp³-hybridized carbons (Fsp3) is 0.120. The van der Waals surface area contributed by atoms with Crippen LogP contribution in [0.2, 0.25) is 0 Å². The van der Waals surface area contributed by atoms with Gasteiger partial charge in [0.2, 0.25) is 0 Å². The van der Waals surface area contributed by atoms with Crippen LogP contribution in [0.4, 0.5) is 5.82 Å². The van der Waals surface area contributed by atoms with Crippen molar-refractivity contribution in [2.45, 2.75) is 18.9 Å². The van der Waals surface area contributed by atoms with Gasteiger partial charge in [0, 0.05) is 11.9 Å². The summed E-state index contributed by atoms with van der Waals surface area (Å²) in [6.45, 7) is 0. The Morgan fingerprint density at radius 1 is 1.08 bits per heavy atom. The van der Waals surface area contributed by atoms with Crippen molar-refractivity contribution in [3.8, 4) is 22.9 Å². The maximum Gasteiger partial charge on any atom is 0.265 e. The Balaban J connectivity index is 1.34. The predicted octanol–water partition coefficient (Wildman–Crippen LogP) is 2.91. The Labute approximate surface area is 219 Å². The molecule has 38 heavy (non-hydrogen) atoms. The Morgan fingerprint density at radius 2 is 1.97 bits per heavy atom. The third-order valence-corrected chi connectivity index (χ3v) is 7.21. The molecule has 1 aromatic carbocycles. The van der Waals surface area contributed by atoms with Crippen LogP contribution in [-0.4, -0.2) is 50.0 Å². The highest BCUT2D eigenvalue weighted by molar-refractivity contribution is 7.07. The van der Waals surface area contributed by atoms with Crippen LogP contribution in [0.5, 0.6) is 0 Å². The van der Waals surface area contributed by atoms with Crippen molar-refractivity contribution in [2.24, 2.45) is 0 Å². The van der Waals surface area contributed by atoms with Gasteiger partial charge in [0.15, 0.2) is 17.3 Å². The standard InChI is InChI=1S/C25H19N11OS/c26-22-17(2-1-9-27-22)23-31-19-7-8-21(36-29-10-11-30-36)33-24(19)35(23)15-4-5-16-14(12-15)3-6-18(16)32-25(37)20-13-28-34-38-20/h1-2,4-5,7-13,18H,3,6H2,(H2,26,27)(H,32,37)/t18-/m0/s1. The smallest absolute Gasteiger partial charge is 0.265 e. The molecule has 13 heteroatoms. The number of aromatic nitrogens is 9. The molecule has 0 saturated carbocycles. The lowest BCUT2D eigenvalue weighted by Crippen LogP contribution is -2.26. The van der Waals surface area contributed by atoms with Crippen molar-refractivity contribution in [3.63, 3.8) is 0 Å². The average molecular weight is 522 g/mol. The summed E-state index contributed by atoms with van der Waals surface area (Å²) >= 11 is 1.08. The average Bonchev–Trinajstić information content (AvgIpc) is 3.75. The zero-order valence-corrected chi connectivity index (χ0v) is 20.6. The van der Waals surface area contributed by atoms with Crippen molar-refractivity contribution in [2.75, 3.05) is 5.73 Å². The molecule has 3 N–H and O–H groups in total. The molecule has 0 bridgehead atoms. The Bertz CT molecular complexity index is 1790. The van der Waals surface area contributed by atoms with Gasteiger partial charge in [0.25, 0.3) is 5.91 Å². The van der Waals surface area contributed by atoms with Gasteiger partial charge in [-0.2, -0.15) is 10.2 Å². The fourth-order valence-electron chi connectivity index (χ4n) is 4.81. The summed E-state index contributed by atoms with van der Waals surface area (Å²) in [4.78, 5) is 28.6. The van der Waals surface area contributed by atoms with Gasteiger partial charge in [-0.25, -0.2) is 15.0 Å². The second kappa shape index (κ2) is 8.81. The highest BCUT2D eigenvalue weighted by Crippen LogP contribution is 2.36. The van der Waals surface area contributed by atoms with Crippen molar-refractivity contribution < 1.29 is 4.79 Å². The molecule has 5 aromatic heterocycles. The van der Waals surface area contributed by atoms with Crippen LogP contribution < -0.4 is 11.1 Å². The molecule has 1 amide bonds. The predicted molar refractivity (Wildman–Crippen MR) is 140 cm³/mol. The van der Waals surface area contributed by atoms with Gasteiger partial charge < -0.3 is 11.1 Å². The molecule has 7 rings (SSSR count). The summed E-state index contributed by atoms with van der Waals surface area (Å²) in [6.07, 6.45) is 7.96. The maximum absolute atomic E-state index is 12.6. The second-order valence-electron chi connectivity index (χ2n) is 8.77. The summed E-state index contributed by atoms with van der Waals surface area (Å²) < 4.78 is 5.76. The van der Waals surface area contributed by atoms with E-state index in [1.54, 1.807) is 18.6 Å². The van der Waals surface area contributed by atoms with Gasteiger partial charge in [0.1, 0.15) is 16.2 Å². The molecule has 0 unspecified atom stereocenters. The quantitative estimate of drug-likeness (QED) is 0.348. The van der Waals surface area contributed by atoms with Crippen molar-refractivity contribution in [1.29, 1.82) is 0 Å². The minimum absolute atomic E-state index is 0.0859. The number of hydrogen-bond acceptors (Lipinski definition) is 10. The molecular formula is C25H19N11OS. The van der Waals surface area contributed by atoms with Crippen LogP contribution >= 0.6 is 11.5 Å². The number of pyridine rings is 2. The van der Waals surface area contributed by atoms with Crippen molar-refractivity contribution in [1.82, 2.24) is 49.4 Å². The molecule has 186 valence electrons. The number of carbonyl (C=O) groups is 1. The van der Waals surface area contributed by atoms with E-state index in [2.05, 4.69) is 42.2 Å². The first-order valence-corrected chi connectivity index (χ1v) is 12.6. The van der Waals surface area contributed by atoms with E-state index in [9.17, 15) is 4.79 Å². The van der Waals surface area contributed by atoms with E-state index in [1.807, 2.05) is 34.9 Å². The summed E-state index contributed by atoms with van der Waals surface area (Å²) in [5.41, 5.74) is 11.4. The van der Waals surface area contributed by atoms with E-state index in [4.69, 9.17) is 15.7 Å². The summed E-state index contributed by atoms with van der Waals surface area (Å²) in [5, 5.41) is 15.3. The molecule has 5 heterocycles. The van der Waals surface area contributed by atoms with Crippen molar-refractivity contribution >= 4 is 34.4 Å². The Kier molecular flexibility index (Phi) is 5.14. The highest BCUT2D eigenvalue weighted by Gasteiger charge is 2.27. The molecule has 1 aliphatic rings. The van der Waals surface area contributed by atoms with E-state index >= 15 is 0 Å². The minimum Gasteiger partial charge on any atom is -0.383 e. The summed E-state index contributed by atoms with van der Waals surface area (Å²) in [6, 6.07) is 13.5. The first-order valence-electron chi connectivity index (χ1n) is 11.8. The molecule has 6 aromatic rings. The van der Waals surface area contributed by atoms with Crippen LogP contribution in [0.1, 0.15) is 33.3 Å². The van der Waals surface area contributed by atoms with Crippen molar-refractivity contribution in [3.05, 3.63) is 83.3 Å². The van der Waals surface area contributed by atoms with Gasteiger partial charge >= 0.3 is 0 Å². The SMILES string of the molecule is Nc1ncccc1-c1nc2ccc(-n3nccn3)nc2n1-c1ccc2c(c1)CC[C@@H]2NC(=O)c1cnns1. The summed E-state index contributed by atoms with van der Waals surface area (Å²) in [5.74, 6) is 1.40. The largest absolute Gasteiger partial charge is 0.383 e. The zero-order valence-electron chi connectivity index (χ0n) is 19.8. The first-order chi connectivity index (χ1) is 18.7. The fourth-order valence-corrected chi connectivity index (χ4v) is 5.23. The number of rotatable bonds is 5. The van der Waals surface area contributed by atoms with Gasteiger partial charge in [-0.05, 0) is 71.9 Å². The topological polar surface area (TPSA) is 155 Å². The second-order valence-corrected chi connectivity index (χ2v) is 9.55. The van der Waals surface area contributed by atoms with E-state index < -0.39 is 0 Å². The molecule has 0 fully saturated rings. The number of fused-ring (bicyclic) bond motifs is 2. The van der Waals surface area contributed by atoms with Gasteiger partial charge in [-0.3, -0.25) is 9.36 Å². The van der Waals surface area contributed by atoms with E-state index in [0.29, 0.717) is 39.1 Å². The van der Waals surface area contributed by atoms with Crippen LogP contribution in [-0.2, 0) is 6.42 Å². The lowest BCUT2D eigenvalue weighted by atomic mass is 10.1. The van der Waals surface area contributed by atoms with Gasteiger partial charge in [0.05, 0.1) is 30.2 Å². The van der Waals surface area contributed by atoms with E-state index in [-0.39, 0.29) is 11.9 Å². The molecule has 0 aliphatic heterocycles. The zero-order chi connectivity index (χ0) is 25.6. The lowest BCUT2D eigenvalue weighted by molar-refractivity contribution is 0.0940. The third kappa shape index (κ3) is 3.67. The Morgan fingerprint density at radius 3 is 2.79 bits per heavy atom. The van der Waals surface area contributed by atoms with E-state index in [1.165, 1.54) is 11.0 Å². The van der Waals surface area contributed by atoms with Gasteiger partial charge in [-0.15, -0.1) is 9.90 Å². The summed E-state index contributed by atoms with van der Waals surface area (Å²) in [7, 11) is 0. The maximum atomic E-state index is 12.6. The van der Waals surface area contributed by atoms with Crippen LogP contribution in [0.25, 0.3) is 34.1 Å². The number of benzene rings is 1. The van der Waals surface area contributed by atoms with Crippen LogP contribution in [0.3, 0.4) is 0 Å². The molecule has 0 radical (unpaired) electrons. The minimum atomic E-state index is -0.166. The van der Waals surface area contributed by atoms with Gasteiger partial charge in [-0.1, -0.05) is 10.6 Å². The first kappa shape index (κ1) is 22.2. The van der Waals surface area contributed by atoms with Crippen LogP contribution in [0.15, 0.2) is 67.3 Å². The highest BCUT2D eigenvalue weighted by atomic mass is 32.1. The molecule has 12 nitrogen and oxygen atoms in total. The number of nitrogen functional groups attached to an aromatic ring is 1. The number of nitrogens with two attached hydrogens (primary N) is 1. The third-order valence-electron chi connectivity index (χ3n) is 6.55. The number of hydrogen-bond donors (Lipinski definition) is 2. The van der Waals surface area contributed by atoms with E-state index in [0.717, 1.165) is 41.2 Å². The molecule has 0 saturated heterocycles.